The van der Waals surface area contributed by atoms with E-state index in [9.17, 15) is 18.0 Å². The van der Waals surface area contributed by atoms with E-state index in [1.807, 2.05) is 25.1 Å². The van der Waals surface area contributed by atoms with E-state index in [1.165, 1.54) is 17.9 Å². The van der Waals surface area contributed by atoms with Gasteiger partial charge in [0.15, 0.2) is 0 Å². The molecule has 0 unspecified atom stereocenters. The number of amides is 2. The Morgan fingerprint density at radius 3 is 2.38 bits per heavy atom. The molecule has 0 aromatic heterocycles. The number of primary sulfonamides is 1. The van der Waals surface area contributed by atoms with Crippen LogP contribution in [0.1, 0.15) is 12.5 Å². The highest BCUT2D eigenvalue weighted by molar-refractivity contribution is 7.89. The van der Waals surface area contributed by atoms with Crippen LogP contribution in [0, 0.1) is 6.92 Å². The second-order valence-corrected chi connectivity index (χ2v) is 9.17. The number of carbonyl (C=O) groups excluding carboxylic acids is 2. The first-order chi connectivity index (χ1) is 15.1. The Hall–Kier alpha value is -3.20. The molecule has 3 aromatic rings. The number of hydrogen-bond donors (Lipinski definition) is 2. The SMILES string of the molecule is CC(=O)N(CC(=O)Nc1ccc(-c2ccccc2S(N)(=O)=O)cc1Cl)c1cccc(C)c1. The van der Waals surface area contributed by atoms with Gasteiger partial charge in [-0.1, -0.05) is 48.0 Å². The van der Waals surface area contributed by atoms with Crippen molar-refractivity contribution in [2.24, 2.45) is 5.14 Å². The van der Waals surface area contributed by atoms with Crippen LogP contribution in [-0.4, -0.2) is 26.8 Å². The minimum absolute atomic E-state index is 0.0249. The fourth-order valence-electron chi connectivity index (χ4n) is 3.25. The monoisotopic (exact) mass is 471 g/mol. The fourth-order valence-corrected chi connectivity index (χ4v) is 4.24. The minimum atomic E-state index is -3.92. The van der Waals surface area contributed by atoms with Crippen molar-refractivity contribution in [1.29, 1.82) is 0 Å². The van der Waals surface area contributed by atoms with Crippen LogP contribution in [0.25, 0.3) is 11.1 Å². The zero-order valence-electron chi connectivity index (χ0n) is 17.5. The summed E-state index contributed by atoms with van der Waals surface area (Å²) in [6, 6.07) is 18.3. The second kappa shape index (κ2) is 9.52. The van der Waals surface area contributed by atoms with Gasteiger partial charge < -0.3 is 10.2 Å². The Balaban J connectivity index is 1.82. The Kier molecular flexibility index (Phi) is 6.98. The third-order valence-electron chi connectivity index (χ3n) is 4.74. The van der Waals surface area contributed by atoms with Gasteiger partial charge in [0, 0.05) is 18.2 Å². The van der Waals surface area contributed by atoms with E-state index in [2.05, 4.69) is 5.32 Å². The van der Waals surface area contributed by atoms with E-state index in [0.29, 0.717) is 22.5 Å². The molecule has 2 amide bonds. The highest BCUT2D eigenvalue weighted by Gasteiger charge is 2.18. The number of carbonyl (C=O) groups is 2. The lowest BCUT2D eigenvalue weighted by atomic mass is 10.1. The van der Waals surface area contributed by atoms with Crippen LogP contribution < -0.4 is 15.4 Å². The molecule has 0 bridgehead atoms. The number of rotatable bonds is 6. The van der Waals surface area contributed by atoms with Gasteiger partial charge in [-0.25, -0.2) is 13.6 Å². The molecule has 0 saturated heterocycles. The van der Waals surface area contributed by atoms with Crippen LogP contribution in [-0.2, 0) is 19.6 Å². The summed E-state index contributed by atoms with van der Waals surface area (Å²) in [5.41, 5.74) is 2.85. The largest absolute Gasteiger partial charge is 0.323 e. The number of benzene rings is 3. The smallest absolute Gasteiger partial charge is 0.244 e. The van der Waals surface area contributed by atoms with E-state index in [0.717, 1.165) is 5.56 Å². The van der Waals surface area contributed by atoms with Gasteiger partial charge in [0.05, 0.1) is 15.6 Å². The topological polar surface area (TPSA) is 110 Å². The molecule has 0 saturated carbocycles. The van der Waals surface area contributed by atoms with Crippen molar-refractivity contribution >= 4 is 44.8 Å². The van der Waals surface area contributed by atoms with Crippen molar-refractivity contribution in [3.63, 3.8) is 0 Å². The summed E-state index contributed by atoms with van der Waals surface area (Å²) in [4.78, 5) is 26.0. The molecule has 0 aliphatic heterocycles. The predicted molar refractivity (Wildman–Crippen MR) is 126 cm³/mol. The van der Waals surface area contributed by atoms with Crippen LogP contribution in [0.15, 0.2) is 71.6 Å². The standard InChI is InChI=1S/C23H22ClN3O4S/c1-15-6-5-7-18(12-15)27(16(2)28)14-23(29)26-21-11-10-17(13-20(21)24)19-8-3-4-9-22(19)32(25,30)31/h3-13H,14H2,1-2H3,(H,26,29)(H2,25,30,31). The van der Waals surface area contributed by atoms with Crippen molar-refractivity contribution in [3.05, 3.63) is 77.3 Å². The van der Waals surface area contributed by atoms with Gasteiger partial charge in [-0.3, -0.25) is 9.59 Å². The minimum Gasteiger partial charge on any atom is -0.323 e. The molecular weight excluding hydrogens is 450 g/mol. The summed E-state index contributed by atoms with van der Waals surface area (Å²) in [7, 11) is -3.92. The number of anilines is 2. The molecule has 0 aliphatic carbocycles. The highest BCUT2D eigenvalue weighted by atomic mass is 35.5. The first-order valence-electron chi connectivity index (χ1n) is 9.62. The van der Waals surface area contributed by atoms with Crippen LogP contribution in [0.3, 0.4) is 0 Å². The number of halogens is 1. The molecule has 166 valence electrons. The molecule has 0 fully saturated rings. The molecule has 7 nitrogen and oxygen atoms in total. The van der Waals surface area contributed by atoms with Crippen LogP contribution >= 0.6 is 11.6 Å². The number of sulfonamides is 1. The summed E-state index contributed by atoms with van der Waals surface area (Å²) in [5.74, 6) is -0.701. The van der Waals surface area contributed by atoms with Gasteiger partial charge in [-0.15, -0.1) is 0 Å². The third kappa shape index (κ3) is 5.53. The third-order valence-corrected chi connectivity index (χ3v) is 6.02. The normalized spacial score (nSPS) is 11.1. The Morgan fingerprint density at radius 2 is 1.75 bits per heavy atom. The van der Waals surface area contributed by atoms with Crippen LogP contribution in [0.5, 0.6) is 0 Å². The second-order valence-electron chi connectivity index (χ2n) is 7.23. The van der Waals surface area contributed by atoms with Crippen LogP contribution in [0.2, 0.25) is 5.02 Å². The molecule has 32 heavy (non-hydrogen) atoms. The van der Waals surface area contributed by atoms with Gasteiger partial charge in [0.25, 0.3) is 0 Å². The molecule has 0 atom stereocenters. The maximum atomic E-state index is 12.6. The molecule has 0 radical (unpaired) electrons. The maximum absolute atomic E-state index is 12.6. The lowest BCUT2D eigenvalue weighted by Crippen LogP contribution is -2.36. The zero-order chi connectivity index (χ0) is 23.5. The first kappa shape index (κ1) is 23.5. The molecule has 3 N–H and O–H groups in total. The van der Waals surface area contributed by atoms with Crippen molar-refractivity contribution in [2.75, 3.05) is 16.8 Å². The summed E-state index contributed by atoms with van der Waals surface area (Å²) < 4.78 is 23.8. The molecular formula is C23H22ClN3O4S. The van der Waals surface area contributed by atoms with Crippen molar-refractivity contribution in [1.82, 2.24) is 0 Å². The van der Waals surface area contributed by atoms with E-state index < -0.39 is 15.9 Å². The Labute approximate surface area is 191 Å². The molecule has 3 aromatic carbocycles. The van der Waals surface area contributed by atoms with Crippen LogP contribution in [0.4, 0.5) is 11.4 Å². The van der Waals surface area contributed by atoms with Crippen molar-refractivity contribution < 1.29 is 18.0 Å². The van der Waals surface area contributed by atoms with Gasteiger partial charge >= 0.3 is 0 Å². The highest BCUT2D eigenvalue weighted by Crippen LogP contribution is 2.32. The number of nitrogens with two attached hydrogens (primary N) is 1. The van der Waals surface area contributed by atoms with E-state index in [1.54, 1.807) is 42.5 Å². The average molecular weight is 472 g/mol. The lowest BCUT2D eigenvalue weighted by molar-refractivity contribution is -0.120. The lowest BCUT2D eigenvalue weighted by Gasteiger charge is -2.21. The van der Waals surface area contributed by atoms with E-state index >= 15 is 0 Å². The maximum Gasteiger partial charge on any atom is 0.244 e. The van der Waals surface area contributed by atoms with Gasteiger partial charge in [-0.05, 0) is 48.4 Å². The van der Waals surface area contributed by atoms with Crippen molar-refractivity contribution in [3.8, 4) is 11.1 Å². The molecule has 0 aliphatic rings. The number of nitrogens with one attached hydrogen (secondary N) is 1. The summed E-state index contributed by atoms with van der Waals surface area (Å²) in [5, 5.41) is 8.22. The molecule has 9 heteroatoms. The summed E-state index contributed by atoms with van der Waals surface area (Å²) >= 11 is 6.35. The number of hydrogen-bond acceptors (Lipinski definition) is 4. The summed E-state index contributed by atoms with van der Waals surface area (Å²) in [6.07, 6.45) is 0. The average Bonchev–Trinajstić information content (AvgIpc) is 2.72. The van der Waals surface area contributed by atoms with E-state index in [4.69, 9.17) is 16.7 Å². The summed E-state index contributed by atoms with van der Waals surface area (Å²) in [6.45, 7) is 3.10. The van der Waals surface area contributed by atoms with Gasteiger partial charge in [-0.2, -0.15) is 0 Å². The predicted octanol–water partition coefficient (Wildman–Crippen LogP) is 3.95. The first-order valence-corrected chi connectivity index (χ1v) is 11.5. The van der Waals surface area contributed by atoms with Gasteiger partial charge in [0.2, 0.25) is 21.8 Å². The Morgan fingerprint density at radius 1 is 1.03 bits per heavy atom. The number of aryl methyl sites for hydroxylation is 1. The van der Waals surface area contributed by atoms with E-state index in [-0.39, 0.29) is 22.4 Å². The quantitative estimate of drug-likeness (QED) is 0.567. The zero-order valence-corrected chi connectivity index (χ0v) is 19.1. The molecule has 0 heterocycles. The fraction of sp³-hybridized carbons (Fsp3) is 0.130. The number of nitrogens with zero attached hydrogens (tertiary/aromatic N) is 1. The van der Waals surface area contributed by atoms with Crippen molar-refractivity contribution in [2.45, 2.75) is 18.7 Å². The Bertz CT molecular complexity index is 1290. The van der Waals surface area contributed by atoms with Gasteiger partial charge in [0.1, 0.15) is 6.54 Å². The molecule has 3 rings (SSSR count). The molecule has 0 spiro atoms.